The molecule has 0 spiro atoms. The molecule has 1 amide bonds. The van der Waals surface area contributed by atoms with Gasteiger partial charge < -0.3 is 89.9 Å². The van der Waals surface area contributed by atoms with Crippen molar-refractivity contribution in [1.29, 1.82) is 0 Å². The van der Waals surface area contributed by atoms with Crippen molar-refractivity contribution in [3.8, 4) is 0 Å². The third-order valence-electron chi connectivity index (χ3n) is 19.1. The maximum Gasteiger partial charge on any atom is 0.220 e. The summed E-state index contributed by atoms with van der Waals surface area (Å²) in [6.45, 7) is 1.75. The number of ether oxygens (including phenoxy) is 6. The molecule has 19 nitrogen and oxygen atoms in total. The molecular formula is C72H137NO18. The van der Waals surface area contributed by atoms with Crippen LogP contribution in [0.1, 0.15) is 309 Å². The Balaban J connectivity index is 1.31. The fourth-order valence-electron chi connectivity index (χ4n) is 13.0. The number of hydrogen-bond acceptors (Lipinski definition) is 18. The minimum atomic E-state index is -1.98. The van der Waals surface area contributed by atoms with E-state index in [1.165, 1.54) is 238 Å². The van der Waals surface area contributed by atoms with Crippen molar-refractivity contribution >= 4 is 5.91 Å². The van der Waals surface area contributed by atoms with Crippen molar-refractivity contribution < 1.29 is 89.4 Å². The molecule has 3 rings (SSSR count). The van der Waals surface area contributed by atoms with E-state index in [1.807, 2.05) is 6.08 Å². The van der Waals surface area contributed by atoms with Gasteiger partial charge in [0, 0.05) is 6.42 Å². The predicted octanol–water partition coefficient (Wildman–Crippen LogP) is 10.8. The fraction of sp³-hybridized carbons (Fsp3) is 0.958. The number of allylic oxidation sites excluding steroid dienone is 1. The topological polar surface area (TPSA) is 307 Å². The van der Waals surface area contributed by atoms with Gasteiger partial charge in [0.1, 0.15) is 73.2 Å². The van der Waals surface area contributed by atoms with E-state index in [4.69, 9.17) is 28.4 Å². The molecule has 3 aliphatic rings. The molecule has 12 N–H and O–H groups in total. The SMILES string of the molecule is CCCCCCCCCCCC/C=C/C(O)C(COC1OC(CO)C(OC2OC(CO)C(OC3OC(CO)C(O)C(O)C3O)C(O)C2O)C(O)C1O)NC(=O)CCCCCCCCCCCCCCCCCCCCCCCCCCCCCCCCCCCC. The number of hydrogen-bond donors (Lipinski definition) is 12. The van der Waals surface area contributed by atoms with Crippen LogP contribution in [0.2, 0.25) is 0 Å². The van der Waals surface area contributed by atoms with E-state index in [9.17, 15) is 61.0 Å². The van der Waals surface area contributed by atoms with Crippen LogP contribution < -0.4 is 5.32 Å². The molecule has 19 heteroatoms. The highest BCUT2D eigenvalue weighted by Crippen LogP contribution is 2.33. The van der Waals surface area contributed by atoms with Gasteiger partial charge >= 0.3 is 0 Å². The Morgan fingerprint density at radius 3 is 1.03 bits per heavy atom. The molecule has 0 aromatic heterocycles. The lowest BCUT2D eigenvalue weighted by Gasteiger charge is -2.48. The number of rotatable bonds is 59. The lowest BCUT2D eigenvalue weighted by atomic mass is 9.96. The van der Waals surface area contributed by atoms with E-state index < -0.39 is 124 Å². The molecule has 0 aliphatic carbocycles. The van der Waals surface area contributed by atoms with Gasteiger partial charge in [0.2, 0.25) is 5.91 Å². The number of aliphatic hydroxyl groups is 11. The Labute approximate surface area is 550 Å². The normalized spacial score (nSPS) is 27.9. The van der Waals surface area contributed by atoms with Crippen molar-refractivity contribution in [2.24, 2.45) is 0 Å². The Hall–Kier alpha value is -1.47. The number of unbranched alkanes of at least 4 members (excludes halogenated alkanes) is 43. The first-order valence-electron chi connectivity index (χ1n) is 37.4. The van der Waals surface area contributed by atoms with Crippen LogP contribution in [0, 0.1) is 0 Å². The molecule has 17 atom stereocenters. The van der Waals surface area contributed by atoms with Gasteiger partial charge in [-0.1, -0.05) is 296 Å². The first-order chi connectivity index (χ1) is 44.3. The molecule has 3 saturated heterocycles. The highest BCUT2D eigenvalue weighted by atomic mass is 16.8. The Kier molecular flexibility index (Phi) is 50.2. The van der Waals surface area contributed by atoms with E-state index in [0.29, 0.717) is 6.42 Å². The lowest BCUT2D eigenvalue weighted by Crippen LogP contribution is -2.66. The largest absolute Gasteiger partial charge is 0.394 e. The third-order valence-corrected chi connectivity index (χ3v) is 19.1. The average Bonchev–Trinajstić information content (AvgIpc) is 0.872. The van der Waals surface area contributed by atoms with Gasteiger partial charge in [0.05, 0.1) is 38.6 Å². The molecule has 538 valence electrons. The first-order valence-corrected chi connectivity index (χ1v) is 37.4. The highest BCUT2D eigenvalue weighted by Gasteiger charge is 2.53. The molecule has 3 fully saturated rings. The van der Waals surface area contributed by atoms with Crippen LogP contribution in [-0.4, -0.2) is 193 Å². The Morgan fingerprint density at radius 2 is 0.681 bits per heavy atom. The molecule has 91 heavy (non-hydrogen) atoms. The standard InChI is InChI=1S/C72H137NO18/c1-3-5-7-9-11-13-15-17-18-19-20-21-22-23-24-25-26-27-28-29-30-31-32-33-34-35-36-37-38-40-42-44-46-48-50-60(78)73-55(56(77)49-47-45-43-41-39-16-14-12-10-8-6-4-2)54-86-70-66(84)63(81)68(58(52-75)88-70)91-72-67(85)64(82)69(59(53-76)89-72)90-71-65(83)62(80)61(79)57(51-74)87-71/h47,49,55-59,61-72,74-77,79-85H,3-46,48,50-54H2,1-2H3,(H,73,78)/b49-47+. The van der Waals surface area contributed by atoms with Crippen LogP contribution in [0.25, 0.3) is 0 Å². The molecule has 0 aromatic carbocycles. The zero-order chi connectivity index (χ0) is 66.1. The summed E-state index contributed by atoms with van der Waals surface area (Å²) in [5.74, 6) is -0.270. The predicted molar refractivity (Wildman–Crippen MR) is 356 cm³/mol. The maximum atomic E-state index is 13.4. The van der Waals surface area contributed by atoms with Crippen LogP contribution in [0.3, 0.4) is 0 Å². The smallest absolute Gasteiger partial charge is 0.220 e. The zero-order valence-corrected chi connectivity index (χ0v) is 57.1. The summed E-state index contributed by atoms with van der Waals surface area (Å²) in [4.78, 5) is 13.4. The summed E-state index contributed by atoms with van der Waals surface area (Å²) < 4.78 is 34.3. The molecule has 0 aromatic rings. The number of carbonyl (C=O) groups excluding carboxylic acids is 1. The first kappa shape index (κ1) is 83.8. The minimum absolute atomic E-state index is 0.250. The van der Waals surface area contributed by atoms with Crippen LogP contribution in [0.15, 0.2) is 12.2 Å². The summed E-state index contributed by atoms with van der Waals surface area (Å²) in [7, 11) is 0. The van der Waals surface area contributed by atoms with Gasteiger partial charge in [0.25, 0.3) is 0 Å². The second kappa shape index (κ2) is 54.5. The summed E-state index contributed by atoms with van der Waals surface area (Å²) >= 11 is 0. The molecule has 0 saturated carbocycles. The van der Waals surface area contributed by atoms with Gasteiger partial charge in [-0.2, -0.15) is 0 Å². The lowest BCUT2D eigenvalue weighted by molar-refractivity contribution is -0.379. The number of amides is 1. The fourth-order valence-corrected chi connectivity index (χ4v) is 13.0. The maximum absolute atomic E-state index is 13.4. The summed E-state index contributed by atoms with van der Waals surface area (Å²) in [6.07, 6.45) is 35.2. The molecule has 0 bridgehead atoms. The minimum Gasteiger partial charge on any atom is -0.394 e. The second-order valence-electron chi connectivity index (χ2n) is 27.1. The number of aliphatic hydroxyl groups excluding tert-OH is 11. The van der Waals surface area contributed by atoms with Gasteiger partial charge in [-0.05, 0) is 19.3 Å². The number of carbonyl (C=O) groups is 1. The third kappa shape index (κ3) is 36.1. The molecule has 3 heterocycles. The van der Waals surface area contributed by atoms with E-state index in [0.717, 1.165) is 44.9 Å². The van der Waals surface area contributed by atoms with Crippen LogP contribution in [-0.2, 0) is 33.2 Å². The van der Waals surface area contributed by atoms with E-state index in [2.05, 4.69) is 19.2 Å². The van der Waals surface area contributed by atoms with Crippen molar-refractivity contribution in [2.75, 3.05) is 26.4 Å². The van der Waals surface area contributed by atoms with Crippen molar-refractivity contribution in [3.05, 3.63) is 12.2 Å². The van der Waals surface area contributed by atoms with Crippen LogP contribution in [0.5, 0.6) is 0 Å². The van der Waals surface area contributed by atoms with Gasteiger partial charge in [0.15, 0.2) is 18.9 Å². The zero-order valence-electron chi connectivity index (χ0n) is 57.1. The van der Waals surface area contributed by atoms with Crippen molar-refractivity contribution in [3.63, 3.8) is 0 Å². The van der Waals surface area contributed by atoms with E-state index >= 15 is 0 Å². The molecule has 0 radical (unpaired) electrons. The Bertz CT molecular complexity index is 1700. The number of nitrogens with one attached hydrogen (secondary N) is 1. The molecule has 17 unspecified atom stereocenters. The van der Waals surface area contributed by atoms with E-state index in [-0.39, 0.29) is 18.9 Å². The van der Waals surface area contributed by atoms with E-state index in [1.54, 1.807) is 6.08 Å². The second-order valence-corrected chi connectivity index (χ2v) is 27.1. The molecule has 3 aliphatic heterocycles. The average molecular weight is 1300 g/mol. The summed E-state index contributed by atoms with van der Waals surface area (Å²) in [5, 5.41) is 120. The quantitative estimate of drug-likeness (QED) is 0.0199. The van der Waals surface area contributed by atoms with Gasteiger partial charge in [-0.3, -0.25) is 4.79 Å². The summed E-state index contributed by atoms with van der Waals surface area (Å²) in [6, 6.07) is -0.968. The van der Waals surface area contributed by atoms with Crippen LogP contribution in [0.4, 0.5) is 0 Å². The monoisotopic (exact) mass is 1300 g/mol. The van der Waals surface area contributed by atoms with Gasteiger partial charge in [-0.25, -0.2) is 0 Å². The van der Waals surface area contributed by atoms with Crippen molar-refractivity contribution in [2.45, 2.75) is 413 Å². The Morgan fingerprint density at radius 1 is 0.385 bits per heavy atom. The molecular weight excluding hydrogens is 1170 g/mol. The van der Waals surface area contributed by atoms with Crippen molar-refractivity contribution in [1.82, 2.24) is 5.32 Å². The summed E-state index contributed by atoms with van der Waals surface area (Å²) in [5.41, 5.74) is 0. The van der Waals surface area contributed by atoms with Crippen LogP contribution >= 0.6 is 0 Å². The highest BCUT2D eigenvalue weighted by molar-refractivity contribution is 5.76. The van der Waals surface area contributed by atoms with Gasteiger partial charge in [-0.15, -0.1) is 0 Å².